The quantitative estimate of drug-likeness (QED) is 0.322. The van der Waals surface area contributed by atoms with E-state index in [1.54, 1.807) is 5.06 Å². The smallest absolute Gasteiger partial charge is 0.0475 e. The van der Waals surface area contributed by atoms with Crippen LogP contribution in [0.2, 0.25) is 0 Å². The van der Waals surface area contributed by atoms with Crippen molar-refractivity contribution in [2.24, 2.45) is 0 Å². The number of hydrogen-bond acceptors (Lipinski definition) is 3. The number of hydrogen-bond donors (Lipinski definition) is 1. The first kappa shape index (κ1) is 14.6. The van der Waals surface area contributed by atoms with E-state index in [2.05, 4.69) is 48.4 Å². The third-order valence-electron chi connectivity index (χ3n) is 2.55. The molecule has 0 amide bonds. The molecule has 0 aliphatic heterocycles. The molecule has 0 fully saturated rings. The highest BCUT2D eigenvalue weighted by Crippen LogP contribution is 2.16. The molecular formula is C10H22INO2. The molecule has 14 heavy (non-hydrogen) atoms. The van der Waals surface area contributed by atoms with E-state index in [-0.39, 0.29) is 6.04 Å². The van der Waals surface area contributed by atoms with Crippen molar-refractivity contribution >= 4 is 22.6 Å². The Morgan fingerprint density at radius 2 is 2.07 bits per heavy atom. The molecule has 0 saturated carbocycles. The van der Waals surface area contributed by atoms with Crippen LogP contribution >= 0.6 is 22.6 Å². The molecule has 3 nitrogen and oxygen atoms in total. The zero-order chi connectivity index (χ0) is 11.0. The molecule has 0 aromatic carbocycles. The Morgan fingerprint density at radius 3 is 2.43 bits per heavy atom. The number of hydroxylamine groups is 2. The summed E-state index contributed by atoms with van der Waals surface area (Å²) in [6.07, 6.45) is 4.45. The Hall–Kier alpha value is 0.610. The lowest BCUT2D eigenvalue weighted by Crippen LogP contribution is -2.41. The second-order valence-electron chi connectivity index (χ2n) is 3.65. The summed E-state index contributed by atoms with van der Waals surface area (Å²) in [5.41, 5.74) is 0. The van der Waals surface area contributed by atoms with Gasteiger partial charge in [-0.25, -0.2) is 5.26 Å². The molecule has 4 heteroatoms. The maximum absolute atomic E-state index is 8.85. The van der Waals surface area contributed by atoms with Gasteiger partial charge in [-0.1, -0.05) is 49.3 Å². The van der Waals surface area contributed by atoms with E-state index in [0.29, 0.717) is 6.04 Å². The molecule has 0 aliphatic carbocycles. The number of nitrogens with zero attached hydrogens (tertiary/aromatic N) is 1. The highest BCUT2D eigenvalue weighted by molar-refractivity contribution is 14.1. The van der Waals surface area contributed by atoms with Crippen LogP contribution in [0.4, 0.5) is 0 Å². The fourth-order valence-electron chi connectivity index (χ4n) is 1.40. The van der Waals surface area contributed by atoms with Gasteiger partial charge < -0.3 is 0 Å². The topological polar surface area (TPSA) is 32.7 Å². The Labute approximate surface area is 101 Å². The van der Waals surface area contributed by atoms with Crippen molar-refractivity contribution in [1.82, 2.24) is 5.06 Å². The Morgan fingerprint density at radius 1 is 1.43 bits per heavy atom. The summed E-state index contributed by atoms with van der Waals surface area (Å²) in [5, 5.41) is 10.6. The summed E-state index contributed by atoms with van der Waals surface area (Å²) in [6.45, 7) is 6.35. The van der Waals surface area contributed by atoms with Gasteiger partial charge in [0.25, 0.3) is 0 Å². The predicted molar refractivity (Wildman–Crippen MR) is 67.5 cm³/mol. The minimum Gasteiger partial charge on any atom is -0.233 e. The lowest BCUT2D eigenvalue weighted by atomic mass is 10.1. The van der Waals surface area contributed by atoms with Crippen molar-refractivity contribution in [1.29, 1.82) is 0 Å². The Balaban J connectivity index is 4.13. The van der Waals surface area contributed by atoms with Gasteiger partial charge in [-0.2, -0.15) is 5.06 Å². The first-order valence-electron chi connectivity index (χ1n) is 5.37. The van der Waals surface area contributed by atoms with Crippen LogP contribution in [-0.2, 0) is 4.99 Å². The van der Waals surface area contributed by atoms with Crippen molar-refractivity contribution in [2.75, 3.05) is 4.43 Å². The summed E-state index contributed by atoms with van der Waals surface area (Å²) < 4.78 is 0.989. The first-order chi connectivity index (χ1) is 6.71. The van der Waals surface area contributed by atoms with Crippen LogP contribution in [0.5, 0.6) is 0 Å². The summed E-state index contributed by atoms with van der Waals surface area (Å²) in [7, 11) is 0. The van der Waals surface area contributed by atoms with Crippen molar-refractivity contribution in [3.63, 3.8) is 0 Å². The van der Waals surface area contributed by atoms with Gasteiger partial charge in [-0.3, -0.25) is 0 Å². The molecule has 86 valence electrons. The zero-order valence-electron chi connectivity index (χ0n) is 9.37. The molecule has 0 saturated heterocycles. The monoisotopic (exact) mass is 315 g/mol. The second kappa shape index (κ2) is 8.88. The minimum absolute atomic E-state index is 0.275. The largest absolute Gasteiger partial charge is 0.233 e. The van der Waals surface area contributed by atoms with Gasteiger partial charge >= 0.3 is 0 Å². The number of halogens is 1. The van der Waals surface area contributed by atoms with Crippen molar-refractivity contribution in [2.45, 2.75) is 58.5 Å². The molecule has 1 N–H and O–H groups in total. The van der Waals surface area contributed by atoms with Crippen LogP contribution in [0, 0.1) is 0 Å². The van der Waals surface area contributed by atoms with Gasteiger partial charge in [0.2, 0.25) is 0 Å². The number of unbranched alkanes of at least 4 members (excludes halogenated alkanes) is 1. The summed E-state index contributed by atoms with van der Waals surface area (Å²) in [5.74, 6) is 0. The lowest BCUT2D eigenvalue weighted by Gasteiger charge is -2.30. The van der Waals surface area contributed by atoms with Crippen LogP contribution in [0.1, 0.15) is 46.5 Å². The standard InChI is InChI=1S/C10H22INO2/c1-4-6-7-10(8-11)12(14-13)9(3)5-2/h9-10,13H,4-8H2,1-3H3. The SMILES string of the molecule is CCCCC(CI)N(OO)C(C)CC. The van der Waals surface area contributed by atoms with E-state index in [0.717, 1.165) is 17.3 Å². The molecule has 0 spiro atoms. The molecule has 0 radical (unpaired) electrons. The highest BCUT2D eigenvalue weighted by atomic mass is 127. The zero-order valence-corrected chi connectivity index (χ0v) is 11.5. The third kappa shape index (κ3) is 4.91. The molecule has 0 aromatic heterocycles. The fraction of sp³-hybridized carbons (Fsp3) is 1.00. The van der Waals surface area contributed by atoms with E-state index >= 15 is 0 Å². The third-order valence-corrected chi connectivity index (χ3v) is 3.57. The van der Waals surface area contributed by atoms with Crippen LogP contribution in [0.3, 0.4) is 0 Å². The maximum Gasteiger partial charge on any atom is 0.0475 e. The van der Waals surface area contributed by atoms with E-state index in [1.165, 1.54) is 12.8 Å². The lowest BCUT2D eigenvalue weighted by molar-refractivity contribution is -0.417. The molecule has 0 bridgehead atoms. The molecule has 0 heterocycles. The summed E-state index contributed by atoms with van der Waals surface area (Å²) >= 11 is 2.34. The summed E-state index contributed by atoms with van der Waals surface area (Å²) in [6, 6.07) is 0.604. The van der Waals surface area contributed by atoms with Gasteiger partial charge in [-0.15, -0.1) is 4.99 Å². The van der Waals surface area contributed by atoms with Gasteiger partial charge in [0.05, 0.1) is 0 Å². The predicted octanol–water partition coefficient (Wildman–Crippen LogP) is 3.49. The van der Waals surface area contributed by atoms with E-state index in [4.69, 9.17) is 5.26 Å². The number of rotatable bonds is 8. The molecule has 2 atom stereocenters. The van der Waals surface area contributed by atoms with Gasteiger partial charge in [0, 0.05) is 16.5 Å². The van der Waals surface area contributed by atoms with E-state index in [1.807, 2.05) is 0 Å². The molecule has 0 aliphatic rings. The molecule has 2 unspecified atom stereocenters. The fourth-order valence-corrected chi connectivity index (χ4v) is 2.23. The second-order valence-corrected chi connectivity index (χ2v) is 4.53. The van der Waals surface area contributed by atoms with Crippen LogP contribution in [-0.4, -0.2) is 26.8 Å². The normalized spacial score (nSPS) is 15.9. The molecular weight excluding hydrogens is 293 g/mol. The number of alkyl halides is 1. The van der Waals surface area contributed by atoms with Gasteiger partial charge in [-0.05, 0) is 19.8 Å². The van der Waals surface area contributed by atoms with E-state index < -0.39 is 0 Å². The van der Waals surface area contributed by atoms with Crippen molar-refractivity contribution < 1.29 is 10.2 Å². The van der Waals surface area contributed by atoms with E-state index in [9.17, 15) is 0 Å². The van der Waals surface area contributed by atoms with Crippen LogP contribution in [0.25, 0.3) is 0 Å². The van der Waals surface area contributed by atoms with Crippen LogP contribution in [0.15, 0.2) is 0 Å². The van der Waals surface area contributed by atoms with Crippen molar-refractivity contribution in [3.8, 4) is 0 Å². The minimum atomic E-state index is 0.275. The Kier molecular flexibility index (Phi) is 9.27. The Bertz CT molecular complexity index is 135. The van der Waals surface area contributed by atoms with Crippen molar-refractivity contribution in [3.05, 3.63) is 0 Å². The van der Waals surface area contributed by atoms with Crippen LogP contribution < -0.4 is 0 Å². The first-order valence-corrected chi connectivity index (χ1v) is 6.89. The molecule has 0 rings (SSSR count). The highest BCUT2D eigenvalue weighted by Gasteiger charge is 2.22. The average Bonchev–Trinajstić information content (AvgIpc) is 2.23. The summed E-state index contributed by atoms with van der Waals surface area (Å²) in [4.78, 5) is 4.48. The molecule has 0 aromatic rings. The van der Waals surface area contributed by atoms with Gasteiger partial charge in [0.15, 0.2) is 0 Å². The average molecular weight is 315 g/mol. The van der Waals surface area contributed by atoms with Gasteiger partial charge in [0.1, 0.15) is 0 Å². The maximum atomic E-state index is 8.85.